The summed E-state index contributed by atoms with van der Waals surface area (Å²) >= 11 is 0. The first-order chi connectivity index (χ1) is 16.3. The summed E-state index contributed by atoms with van der Waals surface area (Å²) in [5.74, 6) is 2.91. The van der Waals surface area contributed by atoms with Crippen LogP contribution in [-0.4, -0.2) is 17.0 Å². The highest BCUT2D eigenvalue weighted by atomic mass is 31.1. The van der Waals surface area contributed by atoms with Crippen molar-refractivity contribution in [3.05, 3.63) is 12.2 Å². The molecule has 33 heavy (non-hydrogen) atoms. The Labute approximate surface area is 209 Å². The molecule has 2 unspecified atom stereocenters. The van der Waals surface area contributed by atoms with Crippen molar-refractivity contribution in [3.63, 3.8) is 0 Å². The SMILES string of the molecule is CCCCCCC1CCC(/C=C/C2CCCCC2P(C2CCCCC2)C2CCCCC2)CC1. The molecule has 0 aromatic heterocycles. The number of allylic oxidation sites excluding steroid dienone is 2. The topological polar surface area (TPSA) is 0 Å². The highest BCUT2D eigenvalue weighted by Gasteiger charge is 2.39. The number of unbranched alkanes of at least 4 members (excludes halogenated alkanes) is 3. The molecular weight excluding hydrogens is 415 g/mol. The van der Waals surface area contributed by atoms with Gasteiger partial charge in [0.15, 0.2) is 0 Å². The van der Waals surface area contributed by atoms with Crippen molar-refractivity contribution in [2.24, 2.45) is 17.8 Å². The summed E-state index contributed by atoms with van der Waals surface area (Å²) in [5, 5.41) is 0. The van der Waals surface area contributed by atoms with Gasteiger partial charge in [-0.2, -0.15) is 0 Å². The zero-order valence-corrected chi connectivity index (χ0v) is 23.2. The Morgan fingerprint density at radius 2 is 1.18 bits per heavy atom. The average molecular weight is 473 g/mol. The Morgan fingerprint density at radius 3 is 1.82 bits per heavy atom. The molecule has 0 spiro atoms. The molecule has 1 heteroatoms. The third-order valence-electron chi connectivity index (χ3n) is 10.1. The molecule has 0 aliphatic heterocycles. The lowest BCUT2D eigenvalue weighted by atomic mass is 9.78. The van der Waals surface area contributed by atoms with Crippen LogP contribution in [0.1, 0.15) is 155 Å². The fourth-order valence-electron chi connectivity index (χ4n) is 8.16. The lowest BCUT2D eigenvalue weighted by molar-refractivity contribution is 0.287. The third-order valence-corrected chi connectivity index (χ3v) is 14.3. The van der Waals surface area contributed by atoms with Gasteiger partial charge in [0.1, 0.15) is 0 Å². The second kappa shape index (κ2) is 14.7. The van der Waals surface area contributed by atoms with Crippen molar-refractivity contribution >= 4 is 7.92 Å². The van der Waals surface area contributed by atoms with E-state index in [4.69, 9.17) is 0 Å². The van der Waals surface area contributed by atoms with Crippen LogP contribution in [-0.2, 0) is 0 Å². The van der Waals surface area contributed by atoms with Crippen LogP contribution in [0.2, 0.25) is 0 Å². The molecule has 0 radical (unpaired) electrons. The van der Waals surface area contributed by atoms with Gasteiger partial charge in [0.2, 0.25) is 0 Å². The van der Waals surface area contributed by atoms with E-state index in [-0.39, 0.29) is 7.92 Å². The summed E-state index contributed by atoms with van der Waals surface area (Å²) < 4.78 is 0. The molecule has 2 atom stereocenters. The van der Waals surface area contributed by atoms with Crippen LogP contribution in [0.15, 0.2) is 12.2 Å². The molecule has 4 aliphatic rings. The molecule has 0 saturated heterocycles. The summed E-state index contributed by atoms with van der Waals surface area (Å²) in [6.45, 7) is 2.34. The van der Waals surface area contributed by atoms with E-state index >= 15 is 0 Å². The van der Waals surface area contributed by atoms with Crippen LogP contribution in [0, 0.1) is 17.8 Å². The average Bonchev–Trinajstić information content (AvgIpc) is 2.88. The van der Waals surface area contributed by atoms with Gasteiger partial charge in [0, 0.05) is 0 Å². The second-order valence-corrected chi connectivity index (χ2v) is 15.6. The number of hydrogen-bond donors (Lipinski definition) is 0. The van der Waals surface area contributed by atoms with Crippen LogP contribution >= 0.6 is 7.92 Å². The van der Waals surface area contributed by atoms with E-state index in [1.807, 2.05) is 0 Å². The Kier molecular flexibility index (Phi) is 11.7. The maximum absolute atomic E-state index is 2.83. The molecule has 0 aromatic rings. The Bertz CT molecular complexity index is 515. The van der Waals surface area contributed by atoms with Gasteiger partial charge in [-0.05, 0) is 98.9 Å². The standard InChI is InChI=1S/C32H57P/c1-2-3-4-7-14-27-21-23-28(24-22-27)25-26-29-15-12-13-20-32(29)33(30-16-8-5-9-17-30)31-18-10-6-11-19-31/h25-32H,2-24H2,1H3/b26-25+. The van der Waals surface area contributed by atoms with Gasteiger partial charge in [0.25, 0.3) is 0 Å². The zero-order chi connectivity index (χ0) is 22.7. The molecular formula is C32H57P. The van der Waals surface area contributed by atoms with Crippen molar-refractivity contribution in [2.45, 2.75) is 172 Å². The quantitative estimate of drug-likeness (QED) is 0.168. The van der Waals surface area contributed by atoms with Gasteiger partial charge >= 0.3 is 0 Å². The summed E-state index contributed by atoms with van der Waals surface area (Å²) in [4.78, 5) is 0. The van der Waals surface area contributed by atoms with Gasteiger partial charge in [-0.3, -0.25) is 0 Å². The molecule has 0 nitrogen and oxygen atoms in total. The van der Waals surface area contributed by atoms with E-state index < -0.39 is 0 Å². The van der Waals surface area contributed by atoms with Crippen molar-refractivity contribution < 1.29 is 0 Å². The second-order valence-electron chi connectivity index (χ2n) is 12.6. The number of hydrogen-bond acceptors (Lipinski definition) is 0. The highest BCUT2D eigenvalue weighted by molar-refractivity contribution is 7.60. The maximum atomic E-state index is 2.83. The molecule has 190 valence electrons. The van der Waals surface area contributed by atoms with Gasteiger partial charge < -0.3 is 0 Å². The molecule has 4 rings (SSSR count). The fraction of sp³-hybridized carbons (Fsp3) is 0.938. The van der Waals surface area contributed by atoms with Crippen molar-refractivity contribution in [1.82, 2.24) is 0 Å². The summed E-state index contributed by atoms with van der Waals surface area (Å²) in [6.07, 6.45) is 40.7. The highest BCUT2D eigenvalue weighted by Crippen LogP contribution is 2.63. The van der Waals surface area contributed by atoms with Gasteiger partial charge in [-0.25, -0.2) is 0 Å². The van der Waals surface area contributed by atoms with E-state index in [0.717, 1.165) is 34.7 Å². The maximum Gasteiger partial charge on any atom is -0.0141 e. The molecule has 0 amide bonds. The largest absolute Gasteiger partial charge is 0.0966 e. The van der Waals surface area contributed by atoms with Crippen LogP contribution in [0.5, 0.6) is 0 Å². The lowest BCUT2D eigenvalue weighted by Crippen LogP contribution is -2.32. The van der Waals surface area contributed by atoms with Crippen LogP contribution < -0.4 is 0 Å². The predicted molar refractivity (Wildman–Crippen MR) is 150 cm³/mol. The van der Waals surface area contributed by atoms with E-state index in [1.165, 1.54) is 89.9 Å². The number of rotatable bonds is 10. The Balaban J connectivity index is 1.33. The minimum atomic E-state index is 0.248. The van der Waals surface area contributed by atoms with E-state index in [9.17, 15) is 0 Å². The molecule has 4 aliphatic carbocycles. The minimum Gasteiger partial charge on any atom is -0.0966 e. The monoisotopic (exact) mass is 472 g/mol. The minimum absolute atomic E-state index is 0.248. The fourth-order valence-corrected chi connectivity index (χ4v) is 12.9. The summed E-state index contributed by atoms with van der Waals surface area (Å²) in [6, 6.07) is 0. The molecule has 0 N–H and O–H groups in total. The molecule has 4 saturated carbocycles. The first-order valence-corrected chi connectivity index (χ1v) is 17.4. The molecule has 0 heterocycles. The van der Waals surface area contributed by atoms with Gasteiger partial charge in [-0.1, -0.05) is 110 Å². The first-order valence-electron chi connectivity index (χ1n) is 15.8. The van der Waals surface area contributed by atoms with Gasteiger partial charge in [-0.15, -0.1) is 0 Å². The predicted octanol–water partition coefficient (Wildman–Crippen LogP) is 11.0. The zero-order valence-electron chi connectivity index (χ0n) is 22.3. The Hall–Kier alpha value is 0.170. The lowest BCUT2D eigenvalue weighted by Gasteiger charge is -2.47. The molecule has 4 fully saturated rings. The van der Waals surface area contributed by atoms with E-state index in [1.54, 1.807) is 57.8 Å². The summed E-state index contributed by atoms with van der Waals surface area (Å²) in [5.41, 5.74) is 3.36. The third kappa shape index (κ3) is 8.09. The smallest absolute Gasteiger partial charge is 0.0141 e. The van der Waals surface area contributed by atoms with E-state index in [2.05, 4.69) is 19.1 Å². The van der Waals surface area contributed by atoms with Crippen LogP contribution in [0.4, 0.5) is 0 Å². The van der Waals surface area contributed by atoms with Crippen molar-refractivity contribution in [1.29, 1.82) is 0 Å². The van der Waals surface area contributed by atoms with E-state index in [0.29, 0.717) is 0 Å². The molecule has 0 bridgehead atoms. The normalized spacial score (nSPS) is 33.2. The van der Waals surface area contributed by atoms with Crippen molar-refractivity contribution in [2.75, 3.05) is 0 Å². The summed E-state index contributed by atoms with van der Waals surface area (Å²) in [7, 11) is 0.248. The molecule has 0 aromatic carbocycles. The van der Waals surface area contributed by atoms with Gasteiger partial charge in [0.05, 0.1) is 0 Å². The van der Waals surface area contributed by atoms with Crippen molar-refractivity contribution in [3.8, 4) is 0 Å². The van der Waals surface area contributed by atoms with Crippen LogP contribution in [0.3, 0.4) is 0 Å². The first kappa shape index (κ1) is 26.2. The Morgan fingerprint density at radius 1 is 0.576 bits per heavy atom. The van der Waals surface area contributed by atoms with Crippen LogP contribution in [0.25, 0.3) is 0 Å².